The quantitative estimate of drug-likeness (QED) is 0.601. The van der Waals surface area contributed by atoms with Crippen molar-refractivity contribution in [2.75, 3.05) is 0 Å². The van der Waals surface area contributed by atoms with E-state index in [4.69, 9.17) is 0 Å². The van der Waals surface area contributed by atoms with Gasteiger partial charge in [-0.05, 0) is 31.2 Å². The van der Waals surface area contributed by atoms with Crippen molar-refractivity contribution in [3.63, 3.8) is 0 Å². The molecule has 3 heterocycles. The van der Waals surface area contributed by atoms with Gasteiger partial charge in [0.1, 0.15) is 18.0 Å². The average molecular weight is 332 g/mol. The molecule has 0 saturated carbocycles. The summed E-state index contributed by atoms with van der Waals surface area (Å²) in [5.41, 5.74) is 2.36. The molecule has 0 spiro atoms. The van der Waals surface area contributed by atoms with Gasteiger partial charge in [-0.1, -0.05) is 12.1 Å². The summed E-state index contributed by atoms with van der Waals surface area (Å²) in [5, 5.41) is 2.96. The zero-order valence-electron chi connectivity index (χ0n) is 13.5. The molecule has 0 saturated heterocycles. The SMILES string of the molecule is CC(NC(=O)c1ccnc(-n2ccnc2)c1)c1nc2ccccc2[nH]1. The smallest absolute Gasteiger partial charge is 0.252 e. The summed E-state index contributed by atoms with van der Waals surface area (Å²) in [4.78, 5) is 28.6. The average Bonchev–Trinajstić information content (AvgIpc) is 3.31. The number of rotatable bonds is 4. The van der Waals surface area contributed by atoms with Crippen LogP contribution in [0.3, 0.4) is 0 Å². The fourth-order valence-electron chi connectivity index (χ4n) is 2.62. The second-order valence-electron chi connectivity index (χ2n) is 5.71. The summed E-state index contributed by atoms with van der Waals surface area (Å²) in [5.74, 6) is 1.18. The van der Waals surface area contributed by atoms with E-state index in [2.05, 4.69) is 25.3 Å². The lowest BCUT2D eigenvalue weighted by Crippen LogP contribution is -2.27. The van der Waals surface area contributed by atoms with Gasteiger partial charge in [-0.3, -0.25) is 9.36 Å². The van der Waals surface area contributed by atoms with Gasteiger partial charge in [-0.15, -0.1) is 0 Å². The summed E-state index contributed by atoms with van der Waals surface area (Å²) in [6.07, 6.45) is 6.69. The Morgan fingerprint density at radius 3 is 2.92 bits per heavy atom. The maximum absolute atomic E-state index is 12.6. The molecular formula is C18H16N6O. The molecule has 0 bridgehead atoms. The van der Waals surface area contributed by atoms with Gasteiger partial charge in [0.05, 0.1) is 17.1 Å². The number of H-pyrrole nitrogens is 1. The number of hydrogen-bond donors (Lipinski definition) is 2. The summed E-state index contributed by atoms with van der Waals surface area (Å²) in [6, 6.07) is 10.9. The van der Waals surface area contributed by atoms with Crippen LogP contribution >= 0.6 is 0 Å². The zero-order valence-corrected chi connectivity index (χ0v) is 13.5. The van der Waals surface area contributed by atoms with Crippen LogP contribution in [-0.4, -0.2) is 30.4 Å². The number of nitrogens with one attached hydrogen (secondary N) is 2. The summed E-state index contributed by atoms with van der Waals surface area (Å²) >= 11 is 0. The van der Waals surface area contributed by atoms with Crippen molar-refractivity contribution >= 4 is 16.9 Å². The van der Waals surface area contributed by atoms with Crippen LogP contribution < -0.4 is 5.32 Å². The fraction of sp³-hybridized carbons (Fsp3) is 0.111. The maximum Gasteiger partial charge on any atom is 0.252 e. The first-order valence-electron chi connectivity index (χ1n) is 7.90. The number of para-hydroxylation sites is 2. The molecule has 0 aliphatic heterocycles. The van der Waals surface area contributed by atoms with Crippen molar-refractivity contribution in [3.05, 3.63) is 72.7 Å². The van der Waals surface area contributed by atoms with Crippen LogP contribution in [0.25, 0.3) is 16.9 Å². The number of carbonyl (C=O) groups is 1. The molecule has 1 unspecified atom stereocenters. The number of nitrogens with zero attached hydrogens (tertiary/aromatic N) is 4. The van der Waals surface area contributed by atoms with Gasteiger partial charge in [0, 0.05) is 24.2 Å². The van der Waals surface area contributed by atoms with Gasteiger partial charge in [-0.2, -0.15) is 0 Å². The number of imidazole rings is 2. The van der Waals surface area contributed by atoms with Crippen molar-refractivity contribution in [3.8, 4) is 5.82 Å². The number of amides is 1. The molecule has 124 valence electrons. The van der Waals surface area contributed by atoms with Gasteiger partial charge in [-0.25, -0.2) is 15.0 Å². The van der Waals surface area contributed by atoms with Crippen LogP contribution in [0.2, 0.25) is 0 Å². The minimum absolute atomic E-state index is 0.184. The third-order valence-corrected chi connectivity index (χ3v) is 3.94. The topological polar surface area (TPSA) is 88.5 Å². The van der Waals surface area contributed by atoms with Crippen LogP contribution in [0.1, 0.15) is 29.1 Å². The second kappa shape index (κ2) is 6.20. The Bertz CT molecular complexity index is 988. The van der Waals surface area contributed by atoms with Crippen LogP contribution in [0, 0.1) is 0 Å². The Hall–Kier alpha value is -3.48. The molecule has 0 aliphatic rings. The first kappa shape index (κ1) is 15.1. The predicted octanol–water partition coefficient (Wildman–Crippen LogP) is 2.63. The van der Waals surface area contributed by atoms with Gasteiger partial charge in [0.25, 0.3) is 5.91 Å². The highest BCUT2D eigenvalue weighted by Crippen LogP contribution is 2.16. The van der Waals surface area contributed by atoms with E-state index >= 15 is 0 Å². The van der Waals surface area contributed by atoms with Crippen LogP contribution in [0.4, 0.5) is 0 Å². The van der Waals surface area contributed by atoms with E-state index in [0.717, 1.165) is 16.9 Å². The summed E-state index contributed by atoms with van der Waals surface area (Å²) < 4.78 is 1.75. The molecule has 7 nitrogen and oxygen atoms in total. The fourth-order valence-corrected chi connectivity index (χ4v) is 2.62. The molecule has 0 aliphatic carbocycles. The molecule has 4 rings (SSSR count). The van der Waals surface area contributed by atoms with Crippen molar-refractivity contribution in [1.82, 2.24) is 29.8 Å². The molecule has 25 heavy (non-hydrogen) atoms. The highest BCUT2D eigenvalue weighted by molar-refractivity contribution is 5.94. The van der Waals surface area contributed by atoms with E-state index in [-0.39, 0.29) is 11.9 Å². The first-order chi connectivity index (χ1) is 12.2. The summed E-state index contributed by atoms with van der Waals surface area (Å²) in [6.45, 7) is 1.90. The van der Waals surface area contributed by atoms with Gasteiger partial charge < -0.3 is 10.3 Å². The molecule has 1 atom stereocenters. The minimum Gasteiger partial charge on any atom is -0.342 e. The number of fused-ring (bicyclic) bond motifs is 1. The number of hydrogen-bond acceptors (Lipinski definition) is 4. The number of aromatic amines is 1. The number of aromatic nitrogens is 5. The lowest BCUT2D eigenvalue weighted by atomic mass is 10.2. The van der Waals surface area contributed by atoms with Gasteiger partial charge in [0.15, 0.2) is 0 Å². The highest BCUT2D eigenvalue weighted by atomic mass is 16.1. The molecule has 1 aromatic carbocycles. The third-order valence-electron chi connectivity index (χ3n) is 3.94. The normalized spacial score (nSPS) is 12.2. The van der Waals surface area contributed by atoms with Crippen molar-refractivity contribution < 1.29 is 4.79 Å². The monoisotopic (exact) mass is 332 g/mol. The number of pyridine rings is 1. The summed E-state index contributed by atoms with van der Waals surface area (Å²) in [7, 11) is 0. The van der Waals surface area contributed by atoms with Crippen molar-refractivity contribution in [2.24, 2.45) is 0 Å². The van der Waals surface area contributed by atoms with Gasteiger partial charge in [0.2, 0.25) is 0 Å². The van der Waals surface area contributed by atoms with Gasteiger partial charge >= 0.3 is 0 Å². The largest absolute Gasteiger partial charge is 0.342 e. The maximum atomic E-state index is 12.6. The number of benzene rings is 1. The van der Waals surface area contributed by atoms with E-state index in [1.54, 1.807) is 41.6 Å². The minimum atomic E-state index is -0.246. The number of carbonyl (C=O) groups excluding carboxylic acids is 1. The second-order valence-corrected chi connectivity index (χ2v) is 5.71. The third kappa shape index (κ3) is 2.99. The highest BCUT2D eigenvalue weighted by Gasteiger charge is 2.15. The standard InChI is InChI=1S/C18H16N6O/c1-12(17-22-14-4-2-3-5-15(14)23-17)21-18(25)13-6-7-20-16(10-13)24-9-8-19-11-24/h2-12H,1H3,(H,21,25)(H,22,23). The van der Waals surface area contributed by atoms with E-state index in [9.17, 15) is 4.79 Å². The van der Waals surface area contributed by atoms with Crippen molar-refractivity contribution in [1.29, 1.82) is 0 Å². The van der Waals surface area contributed by atoms with E-state index in [1.807, 2.05) is 31.2 Å². The van der Waals surface area contributed by atoms with E-state index < -0.39 is 0 Å². The van der Waals surface area contributed by atoms with E-state index in [1.165, 1.54) is 0 Å². The molecule has 3 aromatic heterocycles. The predicted molar refractivity (Wildman–Crippen MR) is 93.3 cm³/mol. The Kier molecular flexibility index (Phi) is 3.74. The molecule has 4 aromatic rings. The molecule has 0 fully saturated rings. The molecule has 2 N–H and O–H groups in total. The first-order valence-corrected chi connectivity index (χ1v) is 7.90. The Labute approximate surface area is 143 Å². The molecular weight excluding hydrogens is 316 g/mol. The van der Waals surface area contributed by atoms with E-state index in [0.29, 0.717) is 11.4 Å². The van der Waals surface area contributed by atoms with Crippen LogP contribution in [0.15, 0.2) is 61.3 Å². The lowest BCUT2D eigenvalue weighted by molar-refractivity contribution is 0.0938. The molecule has 7 heteroatoms. The van der Waals surface area contributed by atoms with Crippen LogP contribution in [0.5, 0.6) is 0 Å². The zero-order chi connectivity index (χ0) is 17.2. The Balaban J connectivity index is 1.54. The van der Waals surface area contributed by atoms with Crippen LogP contribution in [-0.2, 0) is 0 Å². The van der Waals surface area contributed by atoms with Crippen molar-refractivity contribution in [2.45, 2.75) is 13.0 Å². The molecule has 1 amide bonds. The lowest BCUT2D eigenvalue weighted by Gasteiger charge is -2.12. The Morgan fingerprint density at radius 2 is 2.12 bits per heavy atom. The Morgan fingerprint density at radius 1 is 1.24 bits per heavy atom. The molecule has 0 radical (unpaired) electrons.